The lowest BCUT2D eigenvalue weighted by molar-refractivity contribution is -0.133. The van der Waals surface area contributed by atoms with Crippen LogP contribution in [0.4, 0.5) is 6.01 Å². The fourth-order valence-corrected chi connectivity index (χ4v) is 3.64. The molecule has 1 atom stereocenters. The Hall–Kier alpha value is -3.22. The Morgan fingerprint density at radius 1 is 1.03 bits per heavy atom. The summed E-state index contributed by atoms with van der Waals surface area (Å²) in [7, 11) is 0. The van der Waals surface area contributed by atoms with Gasteiger partial charge in [-0.25, -0.2) is 0 Å². The van der Waals surface area contributed by atoms with E-state index < -0.39 is 0 Å². The number of carbonyl (C=O) groups is 1. The molecule has 0 spiro atoms. The number of rotatable bonds is 6. The van der Waals surface area contributed by atoms with Crippen molar-refractivity contribution in [2.24, 2.45) is 0 Å². The Balaban J connectivity index is 1.46. The van der Waals surface area contributed by atoms with E-state index in [0.29, 0.717) is 44.5 Å². The summed E-state index contributed by atoms with van der Waals surface area (Å²) < 4.78 is 5.66. The van der Waals surface area contributed by atoms with Gasteiger partial charge < -0.3 is 14.2 Å². The van der Waals surface area contributed by atoms with E-state index in [4.69, 9.17) is 4.42 Å². The maximum atomic E-state index is 13.4. The van der Waals surface area contributed by atoms with E-state index >= 15 is 0 Å². The van der Waals surface area contributed by atoms with E-state index in [1.165, 1.54) is 0 Å². The van der Waals surface area contributed by atoms with Gasteiger partial charge in [-0.3, -0.25) is 9.78 Å². The average Bonchev–Trinajstić information content (AvgIpc) is 3.28. The highest BCUT2D eigenvalue weighted by Crippen LogP contribution is 2.25. The maximum Gasteiger partial charge on any atom is 0.318 e. The van der Waals surface area contributed by atoms with Crippen molar-refractivity contribution in [3.05, 3.63) is 71.9 Å². The Kier molecular flexibility index (Phi) is 5.84. The first-order valence-corrected chi connectivity index (χ1v) is 10.0. The molecule has 3 heterocycles. The summed E-state index contributed by atoms with van der Waals surface area (Å²) in [4.78, 5) is 21.5. The number of anilines is 1. The van der Waals surface area contributed by atoms with Crippen LogP contribution >= 0.6 is 0 Å². The van der Waals surface area contributed by atoms with Gasteiger partial charge in [-0.1, -0.05) is 42.4 Å². The van der Waals surface area contributed by atoms with Crippen molar-refractivity contribution >= 4 is 11.9 Å². The van der Waals surface area contributed by atoms with Gasteiger partial charge in [0.1, 0.15) is 0 Å². The summed E-state index contributed by atoms with van der Waals surface area (Å²) >= 11 is 0. The number of piperazine rings is 1. The average molecular weight is 391 g/mol. The Labute approximate surface area is 170 Å². The van der Waals surface area contributed by atoms with Crippen molar-refractivity contribution in [2.45, 2.75) is 25.7 Å². The fraction of sp³-hybridized carbons (Fsp3) is 0.364. The second-order valence-corrected chi connectivity index (χ2v) is 7.17. The molecular weight excluding hydrogens is 366 g/mol. The molecule has 1 aromatic carbocycles. The van der Waals surface area contributed by atoms with Crippen LogP contribution < -0.4 is 4.90 Å². The minimum Gasteiger partial charge on any atom is -0.408 e. The van der Waals surface area contributed by atoms with Gasteiger partial charge in [0.05, 0.1) is 5.92 Å². The van der Waals surface area contributed by atoms with Crippen molar-refractivity contribution in [1.82, 2.24) is 20.1 Å². The third kappa shape index (κ3) is 4.45. The number of benzene rings is 1. The summed E-state index contributed by atoms with van der Waals surface area (Å²) in [6.07, 6.45) is 4.93. The number of aromatic nitrogens is 3. The molecule has 7 nitrogen and oxygen atoms in total. The van der Waals surface area contributed by atoms with Crippen LogP contribution in [-0.2, 0) is 17.6 Å². The van der Waals surface area contributed by atoms with Gasteiger partial charge in [-0.15, -0.1) is 5.10 Å². The predicted molar refractivity (Wildman–Crippen MR) is 110 cm³/mol. The first kappa shape index (κ1) is 19.1. The van der Waals surface area contributed by atoms with Crippen molar-refractivity contribution < 1.29 is 9.21 Å². The van der Waals surface area contributed by atoms with Crippen LogP contribution in [0, 0.1) is 0 Å². The number of pyridine rings is 1. The molecule has 1 aliphatic rings. The molecule has 1 amide bonds. The zero-order valence-corrected chi connectivity index (χ0v) is 16.6. The molecule has 2 aromatic heterocycles. The van der Waals surface area contributed by atoms with Gasteiger partial charge in [-0.05, 0) is 29.7 Å². The standard InChI is InChI=1S/C22H25N5O2/c1-2-20-24-25-22(29-20)27-14-12-26(13-15-27)21(28)19(18-6-4-3-5-7-18)16-17-8-10-23-11-9-17/h3-11,19H,2,12-16H2,1H3. The third-order valence-electron chi connectivity index (χ3n) is 5.31. The monoisotopic (exact) mass is 391 g/mol. The number of hydrogen-bond acceptors (Lipinski definition) is 6. The zero-order chi connectivity index (χ0) is 20.1. The molecule has 0 N–H and O–H groups in total. The zero-order valence-electron chi connectivity index (χ0n) is 16.6. The van der Waals surface area contributed by atoms with Crippen LogP contribution in [0.2, 0.25) is 0 Å². The number of aryl methyl sites for hydroxylation is 1. The highest BCUT2D eigenvalue weighted by atomic mass is 16.4. The first-order valence-electron chi connectivity index (χ1n) is 10.0. The van der Waals surface area contributed by atoms with Crippen LogP contribution in [0.15, 0.2) is 59.3 Å². The normalized spacial score (nSPS) is 15.3. The SMILES string of the molecule is CCc1nnc(N2CCN(C(=O)C(Cc3ccncc3)c3ccccc3)CC2)o1. The van der Waals surface area contributed by atoms with Crippen molar-refractivity contribution in [3.63, 3.8) is 0 Å². The molecule has 7 heteroatoms. The van der Waals surface area contributed by atoms with Gasteiger partial charge in [-0.2, -0.15) is 0 Å². The van der Waals surface area contributed by atoms with E-state index in [9.17, 15) is 4.79 Å². The number of hydrogen-bond donors (Lipinski definition) is 0. The van der Waals surface area contributed by atoms with Crippen molar-refractivity contribution in [2.75, 3.05) is 31.1 Å². The Morgan fingerprint density at radius 2 is 1.76 bits per heavy atom. The highest BCUT2D eigenvalue weighted by molar-refractivity contribution is 5.84. The quantitative estimate of drug-likeness (QED) is 0.643. The maximum absolute atomic E-state index is 13.4. The summed E-state index contributed by atoms with van der Waals surface area (Å²) in [5, 5.41) is 8.15. The molecule has 29 heavy (non-hydrogen) atoms. The van der Waals surface area contributed by atoms with Crippen molar-refractivity contribution in [3.8, 4) is 0 Å². The molecule has 1 unspecified atom stereocenters. The van der Waals surface area contributed by atoms with Gasteiger partial charge in [0.2, 0.25) is 11.8 Å². The van der Waals surface area contributed by atoms with Gasteiger partial charge in [0.15, 0.2) is 0 Å². The number of carbonyl (C=O) groups excluding carboxylic acids is 1. The molecular formula is C22H25N5O2. The highest BCUT2D eigenvalue weighted by Gasteiger charge is 2.30. The lowest BCUT2D eigenvalue weighted by atomic mass is 9.91. The van der Waals surface area contributed by atoms with Crippen LogP contribution in [0.25, 0.3) is 0 Å². The molecule has 0 saturated carbocycles. The second kappa shape index (κ2) is 8.86. The summed E-state index contributed by atoms with van der Waals surface area (Å²) in [5.74, 6) is 0.590. The lowest BCUT2D eigenvalue weighted by Gasteiger charge is -2.35. The van der Waals surface area contributed by atoms with E-state index in [-0.39, 0.29) is 11.8 Å². The lowest BCUT2D eigenvalue weighted by Crippen LogP contribution is -2.50. The van der Waals surface area contributed by atoms with Crippen LogP contribution in [0.5, 0.6) is 0 Å². The topological polar surface area (TPSA) is 75.4 Å². The molecule has 3 aromatic rings. The van der Waals surface area contributed by atoms with E-state index in [0.717, 1.165) is 17.5 Å². The largest absolute Gasteiger partial charge is 0.408 e. The summed E-state index contributed by atoms with van der Waals surface area (Å²) in [6.45, 7) is 4.65. The van der Waals surface area contributed by atoms with E-state index in [1.807, 2.05) is 54.3 Å². The second-order valence-electron chi connectivity index (χ2n) is 7.17. The Morgan fingerprint density at radius 3 is 2.41 bits per heavy atom. The summed E-state index contributed by atoms with van der Waals surface area (Å²) in [6, 6.07) is 14.5. The van der Waals surface area contributed by atoms with Crippen LogP contribution in [0.1, 0.15) is 29.9 Å². The molecule has 0 bridgehead atoms. The van der Waals surface area contributed by atoms with Crippen molar-refractivity contribution in [1.29, 1.82) is 0 Å². The number of nitrogens with zero attached hydrogens (tertiary/aromatic N) is 5. The minimum absolute atomic E-state index is 0.160. The molecule has 0 radical (unpaired) electrons. The molecule has 4 rings (SSSR count). The van der Waals surface area contributed by atoms with Crippen LogP contribution in [0.3, 0.4) is 0 Å². The molecule has 0 aliphatic carbocycles. The van der Waals surface area contributed by atoms with Gasteiger partial charge in [0, 0.05) is 45.0 Å². The van der Waals surface area contributed by atoms with Gasteiger partial charge >= 0.3 is 6.01 Å². The molecule has 150 valence electrons. The van der Waals surface area contributed by atoms with E-state index in [2.05, 4.69) is 20.1 Å². The smallest absolute Gasteiger partial charge is 0.318 e. The summed E-state index contributed by atoms with van der Waals surface area (Å²) in [5.41, 5.74) is 2.15. The van der Waals surface area contributed by atoms with E-state index in [1.54, 1.807) is 12.4 Å². The minimum atomic E-state index is -0.208. The third-order valence-corrected chi connectivity index (χ3v) is 5.31. The number of amides is 1. The first-order chi connectivity index (χ1) is 14.2. The molecule has 1 saturated heterocycles. The molecule has 1 aliphatic heterocycles. The predicted octanol–water partition coefficient (Wildman–Crippen LogP) is 2.70. The Bertz CT molecular complexity index is 921. The fourth-order valence-electron chi connectivity index (χ4n) is 3.64. The molecule has 1 fully saturated rings. The van der Waals surface area contributed by atoms with Crippen LogP contribution in [-0.4, -0.2) is 52.2 Å². The van der Waals surface area contributed by atoms with Gasteiger partial charge in [0.25, 0.3) is 0 Å².